The molecule has 1 aliphatic rings. The van der Waals surface area contributed by atoms with E-state index in [4.69, 9.17) is 9.47 Å². The van der Waals surface area contributed by atoms with E-state index in [-0.39, 0.29) is 36.4 Å². The fraction of sp³-hybridized carbons (Fsp3) is 0.483. The Balaban J connectivity index is 1.49. The van der Waals surface area contributed by atoms with Crippen LogP contribution >= 0.6 is 0 Å². The molecule has 4 heterocycles. The Labute approximate surface area is 237 Å². The monoisotopic (exact) mass is 572 g/mol. The lowest BCUT2D eigenvalue weighted by atomic mass is 9.87. The van der Waals surface area contributed by atoms with Gasteiger partial charge in [0.1, 0.15) is 23.9 Å². The van der Waals surface area contributed by atoms with E-state index in [0.717, 1.165) is 13.8 Å². The Morgan fingerprint density at radius 2 is 1.71 bits per heavy atom. The first-order valence-corrected chi connectivity index (χ1v) is 13.3. The standard InChI is InChI=1S/C29H35F3N6O3/c1-17(21-9-8-20(15-35-21)19-10-12-33-23(14-19)28(6,7)29(30,31)32)36-25-34-13-11-24(37-25)38-22(16-40-26(38)39)18(2)41-27(3,4)5/h8-15,17-18,22H,16H2,1-7H3,(H,34,36,37)/t17-,18+,22+/m0/s1. The van der Waals surface area contributed by atoms with Crippen molar-refractivity contribution in [3.63, 3.8) is 0 Å². The summed E-state index contributed by atoms with van der Waals surface area (Å²) in [6.07, 6.45) is -0.716. The summed E-state index contributed by atoms with van der Waals surface area (Å²) in [4.78, 5) is 31.4. The molecule has 220 valence electrons. The molecule has 1 saturated heterocycles. The normalized spacial score (nSPS) is 17.8. The number of amides is 1. The van der Waals surface area contributed by atoms with Crippen LogP contribution in [-0.2, 0) is 14.9 Å². The number of carbonyl (C=O) groups excluding carboxylic acids is 1. The van der Waals surface area contributed by atoms with Crippen molar-refractivity contribution in [2.75, 3.05) is 16.8 Å². The maximum Gasteiger partial charge on any atom is 0.416 e. The van der Waals surface area contributed by atoms with Crippen molar-refractivity contribution in [2.45, 2.75) is 83.8 Å². The van der Waals surface area contributed by atoms with Crippen LogP contribution in [0.25, 0.3) is 11.1 Å². The van der Waals surface area contributed by atoms with Gasteiger partial charge in [-0.05, 0) is 78.3 Å². The largest absolute Gasteiger partial charge is 0.447 e. The minimum absolute atomic E-state index is 0.0675. The van der Waals surface area contributed by atoms with Gasteiger partial charge in [-0.1, -0.05) is 6.07 Å². The van der Waals surface area contributed by atoms with Gasteiger partial charge >= 0.3 is 12.3 Å². The van der Waals surface area contributed by atoms with E-state index in [1.165, 1.54) is 17.2 Å². The second-order valence-corrected chi connectivity index (χ2v) is 11.6. The highest BCUT2D eigenvalue weighted by Gasteiger charge is 2.49. The van der Waals surface area contributed by atoms with Gasteiger partial charge in [0, 0.05) is 24.2 Å². The molecule has 3 aromatic rings. The van der Waals surface area contributed by atoms with Crippen LogP contribution in [-0.4, -0.2) is 56.6 Å². The molecule has 1 fully saturated rings. The van der Waals surface area contributed by atoms with Crippen LogP contribution in [0.15, 0.2) is 48.9 Å². The first-order valence-electron chi connectivity index (χ1n) is 13.3. The lowest BCUT2D eigenvalue weighted by Crippen LogP contribution is -2.45. The van der Waals surface area contributed by atoms with Gasteiger partial charge in [0.05, 0.1) is 29.1 Å². The quantitative estimate of drug-likeness (QED) is 0.328. The van der Waals surface area contributed by atoms with Crippen LogP contribution in [0.4, 0.5) is 29.7 Å². The van der Waals surface area contributed by atoms with E-state index in [2.05, 4.69) is 25.3 Å². The van der Waals surface area contributed by atoms with Crippen molar-refractivity contribution in [1.82, 2.24) is 19.9 Å². The van der Waals surface area contributed by atoms with Crippen molar-refractivity contribution >= 4 is 17.9 Å². The summed E-state index contributed by atoms with van der Waals surface area (Å²) >= 11 is 0. The molecule has 1 amide bonds. The van der Waals surface area contributed by atoms with Gasteiger partial charge in [-0.15, -0.1) is 0 Å². The minimum Gasteiger partial charge on any atom is -0.447 e. The molecule has 1 N–H and O–H groups in total. The lowest BCUT2D eigenvalue weighted by molar-refractivity contribution is -0.181. The molecule has 9 nitrogen and oxygen atoms in total. The second kappa shape index (κ2) is 11.2. The molecule has 3 atom stereocenters. The van der Waals surface area contributed by atoms with Crippen LogP contribution in [0.3, 0.4) is 0 Å². The van der Waals surface area contributed by atoms with E-state index < -0.39 is 23.3 Å². The van der Waals surface area contributed by atoms with E-state index in [0.29, 0.717) is 22.6 Å². The summed E-state index contributed by atoms with van der Waals surface area (Å²) in [7, 11) is 0. The Bertz CT molecular complexity index is 1380. The zero-order valence-corrected chi connectivity index (χ0v) is 24.2. The van der Waals surface area contributed by atoms with Crippen molar-refractivity contribution < 1.29 is 27.4 Å². The van der Waals surface area contributed by atoms with Crippen LogP contribution in [0.1, 0.15) is 65.9 Å². The van der Waals surface area contributed by atoms with E-state index in [1.54, 1.807) is 36.7 Å². The topological polar surface area (TPSA) is 102 Å². The SMILES string of the molecule is C[C@H](Nc1nccc(N2C(=O)OC[C@@H]2[C@@H](C)OC(C)(C)C)n1)c1ccc(-c2ccnc(C(C)(C)C(F)(F)F)c2)cn1. The molecule has 0 aliphatic carbocycles. The highest BCUT2D eigenvalue weighted by Crippen LogP contribution is 2.40. The molecule has 41 heavy (non-hydrogen) atoms. The molecule has 12 heteroatoms. The number of hydrogen-bond donors (Lipinski definition) is 1. The Hall–Kier alpha value is -3.80. The number of hydrogen-bond acceptors (Lipinski definition) is 8. The number of aromatic nitrogens is 4. The molecule has 0 radical (unpaired) electrons. The van der Waals surface area contributed by atoms with E-state index in [9.17, 15) is 18.0 Å². The third kappa shape index (κ3) is 6.75. The molecule has 0 bridgehead atoms. The highest BCUT2D eigenvalue weighted by atomic mass is 19.4. The number of ether oxygens (including phenoxy) is 2. The van der Waals surface area contributed by atoms with Crippen LogP contribution < -0.4 is 10.2 Å². The fourth-order valence-corrected chi connectivity index (χ4v) is 4.43. The number of nitrogens with one attached hydrogen (secondary N) is 1. The van der Waals surface area contributed by atoms with Gasteiger partial charge in [0.2, 0.25) is 5.95 Å². The molecule has 1 aliphatic heterocycles. The summed E-state index contributed by atoms with van der Waals surface area (Å²) in [5.74, 6) is 0.669. The number of alkyl halides is 3. The molecule has 0 aromatic carbocycles. The lowest BCUT2D eigenvalue weighted by Gasteiger charge is -2.31. The molecule has 4 rings (SSSR count). The van der Waals surface area contributed by atoms with E-state index in [1.807, 2.05) is 34.6 Å². The number of halogens is 3. The highest BCUT2D eigenvalue weighted by molar-refractivity contribution is 5.89. The average molecular weight is 573 g/mol. The number of rotatable bonds is 8. The smallest absolute Gasteiger partial charge is 0.416 e. The summed E-state index contributed by atoms with van der Waals surface area (Å²) in [6.45, 7) is 12.0. The average Bonchev–Trinajstić information content (AvgIpc) is 3.29. The maximum atomic E-state index is 13.5. The molecular weight excluding hydrogens is 537 g/mol. The third-order valence-corrected chi connectivity index (χ3v) is 6.89. The number of carbonyl (C=O) groups is 1. The number of pyridine rings is 2. The van der Waals surface area contributed by atoms with Crippen LogP contribution in [0.5, 0.6) is 0 Å². The van der Waals surface area contributed by atoms with Crippen molar-refractivity contribution in [2.24, 2.45) is 0 Å². The zero-order valence-electron chi connectivity index (χ0n) is 24.2. The van der Waals surface area contributed by atoms with Gasteiger partial charge in [0.25, 0.3) is 0 Å². The minimum atomic E-state index is -4.43. The van der Waals surface area contributed by atoms with Gasteiger partial charge in [-0.3, -0.25) is 14.9 Å². The van der Waals surface area contributed by atoms with Crippen molar-refractivity contribution in [3.8, 4) is 11.1 Å². The van der Waals surface area contributed by atoms with Gasteiger partial charge in [-0.2, -0.15) is 18.2 Å². The maximum absolute atomic E-state index is 13.5. The van der Waals surface area contributed by atoms with Gasteiger partial charge in [-0.25, -0.2) is 9.78 Å². The fourth-order valence-electron chi connectivity index (χ4n) is 4.43. The van der Waals surface area contributed by atoms with E-state index >= 15 is 0 Å². The van der Waals surface area contributed by atoms with Gasteiger partial charge < -0.3 is 14.8 Å². The zero-order chi connectivity index (χ0) is 30.2. The summed E-state index contributed by atoms with van der Waals surface area (Å²) in [6, 6.07) is 7.62. The predicted molar refractivity (Wildman–Crippen MR) is 149 cm³/mol. The second-order valence-electron chi connectivity index (χ2n) is 11.6. The first kappa shape index (κ1) is 30.2. The molecule has 0 spiro atoms. The van der Waals surface area contributed by atoms with Crippen LogP contribution in [0.2, 0.25) is 0 Å². The van der Waals surface area contributed by atoms with Crippen LogP contribution in [0, 0.1) is 0 Å². The molecule has 3 aromatic heterocycles. The molecular formula is C29H35F3N6O3. The Morgan fingerprint density at radius 1 is 1.00 bits per heavy atom. The Morgan fingerprint density at radius 3 is 2.34 bits per heavy atom. The number of nitrogens with zero attached hydrogens (tertiary/aromatic N) is 5. The van der Waals surface area contributed by atoms with Gasteiger partial charge in [0.15, 0.2) is 0 Å². The third-order valence-electron chi connectivity index (χ3n) is 6.89. The number of anilines is 2. The van der Waals surface area contributed by atoms with Crippen molar-refractivity contribution in [3.05, 3.63) is 60.3 Å². The Kier molecular flexibility index (Phi) is 8.26. The molecule has 0 unspecified atom stereocenters. The summed E-state index contributed by atoms with van der Waals surface area (Å²) in [5.41, 5.74) is -0.648. The number of cyclic esters (lactones) is 1. The van der Waals surface area contributed by atoms with Crippen molar-refractivity contribution in [1.29, 1.82) is 0 Å². The first-order chi connectivity index (χ1) is 19.1. The molecule has 0 saturated carbocycles. The predicted octanol–water partition coefficient (Wildman–Crippen LogP) is 6.48. The summed E-state index contributed by atoms with van der Waals surface area (Å²) in [5, 5.41) is 3.19. The summed E-state index contributed by atoms with van der Waals surface area (Å²) < 4.78 is 51.9.